The number of rotatable bonds is 4. The van der Waals surface area contributed by atoms with E-state index in [1.807, 2.05) is 30.3 Å². The molecular formula is C14H15FN2O2S. The zero-order valence-electron chi connectivity index (χ0n) is 10.9. The first-order chi connectivity index (χ1) is 9.40. The largest absolute Gasteiger partial charge is 0.396 e. The summed E-state index contributed by atoms with van der Waals surface area (Å²) < 4.78 is 40.2. The predicted octanol–water partition coefficient (Wildman–Crippen LogP) is 2.45. The Morgan fingerprint density at radius 2 is 1.80 bits per heavy atom. The van der Waals surface area contributed by atoms with E-state index in [-0.39, 0.29) is 10.6 Å². The highest BCUT2D eigenvalue weighted by Crippen LogP contribution is 2.19. The van der Waals surface area contributed by atoms with E-state index in [0.29, 0.717) is 0 Å². The lowest BCUT2D eigenvalue weighted by molar-refractivity contribution is 0.564. The van der Waals surface area contributed by atoms with Crippen LogP contribution in [0.2, 0.25) is 0 Å². The molecule has 0 unspecified atom stereocenters. The molecule has 2 aromatic carbocycles. The standard InChI is InChI=1S/C14H15FN2O2S/c1-10(11-5-3-2-4-6-11)17-20(18,19)12-7-8-14(16)13(15)9-12/h2-10,17H,16H2,1H3/t10-/m0/s1. The minimum absolute atomic E-state index is 0.0833. The van der Waals surface area contributed by atoms with Crippen LogP contribution in [0.3, 0.4) is 0 Å². The van der Waals surface area contributed by atoms with E-state index in [0.717, 1.165) is 11.6 Å². The Bertz CT molecular complexity index is 702. The number of nitrogens with one attached hydrogen (secondary N) is 1. The molecule has 6 heteroatoms. The SMILES string of the molecule is C[C@H](NS(=O)(=O)c1ccc(N)c(F)c1)c1ccccc1. The third kappa shape index (κ3) is 3.15. The Morgan fingerprint density at radius 3 is 2.40 bits per heavy atom. The van der Waals surface area contributed by atoms with Gasteiger partial charge in [0.05, 0.1) is 10.6 Å². The predicted molar refractivity (Wildman–Crippen MR) is 76.0 cm³/mol. The van der Waals surface area contributed by atoms with Crippen LogP contribution in [-0.2, 0) is 10.0 Å². The lowest BCUT2D eigenvalue weighted by Gasteiger charge is -2.14. The number of hydrogen-bond donors (Lipinski definition) is 2. The van der Waals surface area contributed by atoms with Gasteiger partial charge in [-0.2, -0.15) is 0 Å². The van der Waals surface area contributed by atoms with Gasteiger partial charge in [-0.1, -0.05) is 30.3 Å². The monoisotopic (exact) mass is 294 g/mol. The first-order valence-electron chi connectivity index (χ1n) is 6.02. The summed E-state index contributed by atoms with van der Waals surface area (Å²) in [5, 5.41) is 0. The molecule has 0 aliphatic heterocycles. The highest BCUT2D eigenvalue weighted by atomic mass is 32.2. The molecule has 20 heavy (non-hydrogen) atoms. The molecule has 2 rings (SSSR count). The molecule has 0 bridgehead atoms. The summed E-state index contributed by atoms with van der Waals surface area (Å²) in [4.78, 5) is -0.146. The molecular weight excluding hydrogens is 279 g/mol. The van der Waals surface area contributed by atoms with Gasteiger partial charge in [0.1, 0.15) is 5.82 Å². The van der Waals surface area contributed by atoms with Gasteiger partial charge in [-0.3, -0.25) is 0 Å². The van der Waals surface area contributed by atoms with Gasteiger partial charge in [-0.25, -0.2) is 17.5 Å². The van der Waals surface area contributed by atoms with Crippen LogP contribution in [-0.4, -0.2) is 8.42 Å². The summed E-state index contributed by atoms with van der Waals surface area (Å²) >= 11 is 0. The van der Waals surface area contributed by atoms with Crippen LogP contribution in [0.1, 0.15) is 18.5 Å². The number of nitrogens with two attached hydrogens (primary N) is 1. The Morgan fingerprint density at radius 1 is 1.15 bits per heavy atom. The van der Waals surface area contributed by atoms with E-state index in [9.17, 15) is 12.8 Å². The van der Waals surface area contributed by atoms with Gasteiger partial charge in [0.15, 0.2) is 0 Å². The molecule has 106 valence electrons. The van der Waals surface area contributed by atoms with Crippen LogP contribution in [0.15, 0.2) is 53.4 Å². The number of halogens is 1. The number of hydrogen-bond acceptors (Lipinski definition) is 3. The summed E-state index contributed by atoms with van der Waals surface area (Å²) in [5.74, 6) is -0.750. The van der Waals surface area contributed by atoms with Crippen LogP contribution < -0.4 is 10.5 Å². The van der Waals surface area contributed by atoms with Crippen LogP contribution >= 0.6 is 0 Å². The Balaban J connectivity index is 2.25. The second kappa shape index (κ2) is 5.60. The molecule has 0 heterocycles. The first kappa shape index (κ1) is 14.5. The van der Waals surface area contributed by atoms with E-state index in [1.165, 1.54) is 12.1 Å². The van der Waals surface area contributed by atoms with Crippen molar-refractivity contribution in [3.8, 4) is 0 Å². The van der Waals surface area contributed by atoms with Gasteiger partial charge < -0.3 is 5.73 Å². The molecule has 1 atom stereocenters. The van der Waals surface area contributed by atoms with Crippen molar-refractivity contribution in [3.63, 3.8) is 0 Å². The van der Waals surface area contributed by atoms with Gasteiger partial charge in [0, 0.05) is 6.04 Å². The van der Waals surface area contributed by atoms with Gasteiger partial charge in [0.2, 0.25) is 10.0 Å². The molecule has 0 saturated heterocycles. The smallest absolute Gasteiger partial charge is 0.241 e. The Labute approximate surface area is 117 Å². The molecule has 0 aliphatic carbocycles. The zero-order chi connectivity index (χ0) is 14.8. The highest BCUT2D eigenvalue weighted by Gasteiger charge is 2.19. The lowest BCUT2D eigenvalue weighted by Crippen LogP contribution is -2.27. The molecule has 0 spiro atoms. The van der Waals surface area contributed by atoms with Crippen LogP contribution in [0.4, 0.5) is 10.1 Å². The van der Waals surface area contributed by atoms with Gasteiger partial charge in [-0.05, 0) is 30.7 Å². The summed E-state index contributed by atoms with van der Waals surface area (Å²) in [6, 6.07) is 12.1. The maximum absolute atomic E-state index is 13.4. The quantitative estimate of drug-likeness (QED) is 0.851. The summed E-state index contributed by atoms with van der Waals surface area (Å²) in [5.41, 5.74) is 6.08. The van der Waals surface area contributed by atoms with Crippen molar-refractivity contribution >= 4 is 15.7 Å². The maximum Gasteiger partial charge on any atom is 0.241 e. The molecule has 2 aromatic rings. The van der Waals surface area contributed by atoms with Crippen molar-refractivity contribution < 1.29 is 12.8 Å². The summed E-state index contributed by atoms with van der Waals surface area (Å²) in [7, 11) is -3.79. The average molecular weight is 294 g/mol. The van der Waals surface area contributed by atoms with Gasteiger partial charge >= 0.3 is 0 Å². The third-order valence-corrected chi connectivity index (χ3v) is 4.45. The second-order valence-electron chi connectivity index (χ2n) is 4.44. The number of sulfonamides is 1. The number of nitrogen functional groups attached to an aromatic ring is 1. The van der Waals surface area contributed by atoms with E-state index >= 15 is 0 Å². The summed E-state index contributed by atoms with van der Waals surface area (Å²) in [6.07, 6.45) is 0. The molecule has 0 saturated carbocycles. The molecule has 4 nitrogen and oxygen atoms in total. The van der Waals surface area contributed by atoms with E-state index in [2.05, 4.69) is 4.72 Å². The van der Waals surface area contributed by atoms with Crippen molar-refractivity contribution in [2.24, 2.45) is 0 Å². The topological polar surface area (TPSA) is 72.2 Å². The van der Waals surface area contributed by atoms with E-state index in [4.69, 9.17) is 5.73 Å². The Kier molecular flexibility index (Phi) is 4.06. The van der Waals surface area contributed by atoms with Gasteiger partial charge in [0.25, 0.3) is 0 Å². The number of benzene rings is 2. The molecule has 3 N–H and O–H groups in total. The van der Waals surface area contributed by atoms with Crippen molar-refractivity contribution in [1.82, 2.24) is 4.72 Å². The molecule has 0 aliphatic rings. The van der Waals surface area contributed by atoms with E-state index in [1.54, 1.807) is 6.92 Å². The highest BCUT2D eigenvalue weighted by molar-refractivity contribution is 7.89. The third-order valence-electron chi connectivity index (χ3n) is 2.91. The normalized spacial score (nSPS) is 13.1. The number of anilines is 1. The van der Waals surface area contributed by atoms with Crippen LogP contribution in [0, 0.1) is 5.82 Å². The van der Waals surface area contributed by atoms with Crippen LogP contribution in [0.25, 0.3) is 0 Å². The fourth-order valence-electron chi connectivity index (χ4n) is 1.79. The van der Waals surface area contributed by atoms with Gasteiger partial charge in [-0.15, -0.1) is 0 Å². The second-order valence-corrected chi connectivity index (χ2v) is 6.15. The van der Waals surface area contributed by atoms with Crippen molar-refractivity contribution in [1.29, 1.82) is 0 Å². The molecule has 0 aromatic heterocycles. The lowest BCUT2D eigenvalue weighted by atomic mass is 10.1. The molecule has 0 amide bonds. The molecule has 0 radical (unpaired) electrons. The Hall–Kier alpha value is -1.92. The van der Waals surface area contributed by atoms with Crippen molar-refractivity contribution in [3.05, 3.63) is 59.9 Å². The van der Waals surface area contributed by atoms with E-state index < -0.39 is 21.9 Å². The van der Waals surface area contributed by atoms with Crippen molar-refractivity contribution in [2.75, 3.05) is 5.73 Å². The molecule has 0 fully saturated rings. The fraction of sp³-hybridized carbons (Fsp3) is 0.143. The van der Waals surface area contributed by atoms with Crippen molar-refractivity contribution in [2.45, 2.75) is 17.9 Å². The minimum Gasteiger partial charge on any atom is -0.396 e. The van der Waals surface area contributed by atoms with Crippen LogP contribution in [0.5, 0.6) is 0 Å². The maximum atomic E-state index is 13.4. The fourth-order valence-corrected chi connectivity index (χ4v) is 3.03. The average Bonchev–Trinajstić information content (AvgIpc) is 2.42. The minimum atomic E-state index is -3.79. The summed E-state index contributed by atoms with van der Waals surface area (Å²) in [6.45, 7) is 1.72. The first-order valence-corrected chi connectivity index (χ1v) is 7.51. The zero-order valence-corrected chi connectivity index (χ0v) is 11.7.